The minimum atomic E-state index is -0.927. The topological polar surface area (TPSA) is 66.4 Å². The number of rotatable bonds is 4. The lowest BCUT2D eigenvalue weighted by atomic mass is 10.0. The van der Waals surface area contributed by atoms with Gasteiger partial charge in [0.25, 0.3) is 0 Å². The Morgan fingerprint density at radius 1 is 1.42 bits per heavy atom. The summed E-state index contributed by atoms with van der Waals surface area (Å²) in [4.78, 5) is 21.4. The SMILES string of the molecule is CC(=O)NCCC#Cc1ccc(Cl)cc1CC(=O)O. The van der Waals surface area contributed by atoms with E-state index >= 15 is 0 Å². The van der Waals surface area contributed by atoms with Crippen molar-refractivity contribution in [3.63, 3.8) is 0 Å². The van der Waals surface area contributed by atoms with Crippen molar-refractivity contribution in [1.29, 1.82) is 0 Å². The molecule has 1 aromatic carbocycles. The summed E-state index contributed by atoms with van der Waals surface area (Å²) in [6, 6.07) is 4.98. The summed E-state index contributed by atoms with van der Waals surface area (Å²) in [5, 5.41) is 11.9. The molecule has 0 saturated carbocycles. The fourth-order valence-corrected chi connectivity index (χ4v) is 1.65. The molecule has 0 bridgehead atoms. The normalized spacial score (nSPS) is 9.37. The van der Waals surface area contributed by atoms with Gasteiger partial charge in [-0.05, 0) is 23.8 Å². The first-order valence-corrected chi connectivity index (χ1v) is 6.10. The number of nitrogens with one attached hydrogen (secondary N) is 1. The Morgan fingerprint density at radius 2 is 2.16 bits per heavy atom. The maximum atomic E-state index is 10.7. The highest BCUT2D eigenvalue weighted by molar-refractivity contribution is 6.30. The minimum Gasteiger partial charge on any atom is -0.481 e. The number of carboxylic acids is 1. The van der Waals surface area contributed by atoms with Crippen LogP contribution in [-0.4, -0.2) is 23.5 Å². The Balaban J connectivity index is 2.74. The van der Waals surface area contributed by atoms with E-state index in [1.165, 1.54) is 6.92 Å². The zero-order valence-corrected chi connectivity index (χ0v) is 11.3. The monoisotopic (exact) mass is 279 g/mol. The molecule has 4 nitrogen and oxygen atoms in total. The molecule has 2 N–H and O–H groups in total. The number of benzene rings is 1. The third-order valence-electron chi connectivity index (χ3n) is 2.26. The molecular weight excluding hydrogens is 266 g/mol. The molecule has 1 amide bonds. The second kappa shape index (κ2) is 7.45. The van der Waals surface area contributed by atoms with Crippen molar-refractivity contribution in [2.45, 2.75) is 19.8 Å². The Kier molecular flexibility index (Phi) is 5.91. The summed E-state index contributed by atoms with van der Waals surface area (Å²) in [6.07, 6.45) is 0.394. The third-order valence-corrected chi connectivity index (χ3v) is 2.49. The number of carbonyl (C=O) groups excluding carboxylic acids is 1. The molecule has 0 aliphatic rings. The van der Waals surface area contributed by atoms with E-state index in [2.05, 4.69) is 17.2 Å². The summed E-state index contributed by atoms with van der Waals surface area (Å²) in [5.74, 6) is 4.76. The van der Waals surface area contributed by atoms with Crippen molar-refractivity contribution in [2.75, 3.05) is 6.54 Å². The van der Waals surface area contributed by atoms with E-state index in [1.54, 1.807) is 18.2 Å². The van der Waals surface area contributed by atoms with Gasteiger partial charge in [-0.1, -0.05) is 23.4 Å². The van der Waals surface area contributed by atoms with Crippen molar-refractivity contribution in [1.82, 2.24) is 5.32 Å². The molecule has 0 spiro atoms. The van der Waals surface area contributed by atoms with Gasteiger partial charge in [-0.15, -0.1) is 0 Å². The van der Waals surface area contributed by atoms with Crippen molar-refractivity contribution in [2.24, 2.45) is 0 Å². The molecule has 0 saturated heterocycles. The van der Waals surface area contributed by atoms with Crippen molar-refractivity contribution < 1.29 is 14.7 Å². The molecule has 0 aliphatic carbocycles. The van der Waals surface area contributed by atoms with Gasteiger partial charge in [0.2, 0.25) is 5.91 Å². The molecule has 19 heavy (non-hydrogen) atoms. The van der Waals surface area contributed by atoms with Crippen LogP contribution in [0.4, 0.5) is 0 Å². The molecule has 0 fully saturated rings. The van der Waals surface area contributed by atoms with Gasteiger partial charge in [-0.25, -0.2) is 0 Å². The van der Waals surface area contributed by atoms with Crippen LogP contribution in [-0.2, 0) is 16.0 Å². The molecule has 0 heterocycles. The predicted octanol–water partition coefficient (Wildman–Crippen LogP) is 1.84. The third kappa shape index (κ3) is 5.94. The molecule has 0 aromatic heterocycles. The summed E-state index contributed by atoms with van der Waals surface area (Å²) in [5.41, 5.74) is 1.24. The average molecular weight is 280 g/mol. The summed E-state index contributed by atoms with van der Waals surface area (Å²) >= 11 is 5.83. The van der Waals surface area contributed by atoms with Crippen LogP contribution in [0.3, 0.4) is 0 Å². The zero-order chi connectivity index (χ0) is 14.3. The number of hydrogen-bond donors (Lipinski definition) is 2. The Morgan fingerprint density at radius 3 is 2.79 bits per heavy atom. The fraction of sp³-hybridized carbons (Fsp3) is 0.286. The lowest BCUT2D eigenvalue weighted by Gasteiger charge is -2.02. The Hall–Kier alpha value is -1.99. The van der Waals surface area contributed by atoms with Gasteiger partial charge in [-0.2, -0.15) is 0 Å². The lowest BCUT2D eigenvalue weighted by Crippen LogP contribution is -2.20. The fourth-order valence-electron chi connectivity index (χ4n) is 1.45. The molecule has 0 atom stereocenters. The van der Waals surface area contributed by atoms with E-state index in [0.717, 1.165) is 0 Å². The first-order chi connectivity index (χ1) is 8.99. The van der Waals surface area contributed by atoms with E-state index < -0.39 is 5.97 Å². The quantitative estimate of drug-likeness (QED) is 0.653. The van der Waals surface area contributed by atoms with Crippen LogP contribution >= 0.6 is 11.6 Å². The van der Waals surface area contributed by atoms with Gasteiger partial charge < -0.3 is 10.4 Å². The highest BCUT2D eigenvalue weighted by Gasteiger charge is 2.06. The molecule has 1 rings (SSSR count). The molecule has 1 aromatic rings. The van der Waals surface area contributed by atoms with Crippen LogP contribution in [0.25, 0.3) is 0 Å². The van der Waals surface area contributed by atoms with E-state index in [0.29, 0.717) is 29.1 Å². The van der Waals surface area contributed by atoms with Gasteiger partial charge in [-0.3, -0.25) is 9.59 Å². The van der Waals surface area contributed by atoms with Crippen LogP contribution in [0.5, 0.6) is 0 Å². The summed E-state index contributed by atoms with van der Waals surface area (Å²) in [7, 11) is 0. The van der Waals surface area contributed by atoms with Crippen LogP contribution in [0.15, 0.2) is 18.2 Å². The van der Waals surface area contributed by atoms with Gasteiger partial charge in [0, 0.05) is 30.5 Å². The van der Waals surface area contributed by atoms with Gasteiger partial charge in [0.15, 0.2) is 0 Å². The summed E-state index contributed by atoms with van der Waals surface area (Å²) in [6.45, 7) is 1.92. The van der Waals surface area contributed by atoms with E-state index in [-0.39, 0.29) is 12.3 Å². The first-order valence-electron chi connectivity index (χ1n) is 5.72. The predicted molar refractivity (Wildman–Crippen MR) is 73.0 cm³/mol. The molecule has 0 radical (unpaired) electrons. The minimum absolute atomic E-state index is 0.0974. The standard InChI is InChI=1S/C14H14ClNO3/c1-10(17)16-7-3-2-4-11-5-6-13(15)8-12(11)9-14(18)19/h5-6,8H,3,7,9H2,1H3,(H,16,17)(H,18,19). The average Bonchev–Trinajstić information content (AvgIpc) is 2.30. The van der Waals surface area contributed by atoms with Crippen LogP contribution in [0, 0.1) is 11.8 Å². The second-order valence-electron chi connectivity index (χ2n) is 3.91. The van der Waals surface area contributed by atoms with Gasteiger partial charge in [0.1, 0.15) is 0 Å². The Labute approximate surface area is 116 Å². The largest absolute Gasteiger partial charge is 0.481 e. The number of carbonyl (C=O) groups is 2. The molecule has 0 aliphatic heterocycles. The van der Waals surface area contributed by atoms with Crippen LogP contribution in [0.1, 0.15) is 24.5 Å². The smallest absolute Gasteiger partial charge is 0.307 e. The number of halogens is 1. The van der Waals surface area contributed by atoms with Crippen molar-refractivity contribution in [3.8, 4) is 11.8 Å². The summed E-state index contributed by atoms with van der Waals surface area (Å²) < 4.78 is 0. The number of carboxylic acid groups (broad SMARTS) is 1. The van der Waals surface area contributed by atoms with Gasteiger partial charge >= 0.3 is 5.97 Å². The van der Waals surface area contributed by atoms with Crippen LogP contribution in [0.2, 0.25) is 5.02 Å². The molecule has 0 unspecified atom stereocenters. The van der Waals surface area contributed by atoms with Crippen molar-refractivity contribution >= 4 is 23.5 Å². The van der Waals surface area contributed by atoms with E-state index in [9.17, 15) is 9.59 Å². The zero-order valence-electron chi connectivity index (χ0n) is 10.5. The molecule has 100 valence electrons. The first kappa shape index (κ1) is 15.1. The highest BCUT2D eigenvalue weighted by atomic mass is 35.5. The van der Waals surface area contributed by atoms with Gasteiger partial charge in [0.05, 0.1) is 6.42 Å². The number of hydrogen-bond acceptors (Lipinski definition) is 2. The Bertz CT molecular complexity index is 543. The van der Waals surface area contributed by atoms with E-state index in [4.69, 9.17) is 16.7 Å². The maximum absolute atomic E-state index is 10.7. The number of aliphatic carboxylic acids is 1. The molecule has 5 heteroatoms. The van der Waals surface area contributed by atoms with E-state index in [1.807, 2.05) is 0 Å². The molecular formula is C14H14ClNO3. The number of amides is 1. The second-order valence-corrected chi connectivity index (χ2v) is 4.34. The highest BCUT2D eigenvalue weighted by Crippen LogP contribution is 2.16. The van der Waals surface area contributed by atoms with Crippen molar-refractivity contribution in [3.05, 3.63) is 34.3 Å². The van der Waals surface area contributed by atoms with Crippen LogP contribution < -0.4 is 5.32 Å². The maximum Gasteiger partial charge on any atom is 0.307 e. The lowest BCUT2D eigenvalue weighted by molar-refractivity contribution is -0.136.